The Balaban J connectivity index is 1.50. The van der Waals surface area contributed by atoms with Crippen molar-refractivity contribution in [1.82, 2.24) is 4.31 Å². The second-order valence-electron chi connectivity index (χ2n) is 8.15. The summed E-state index contributed by atoms with van der Waals surface area (Å²) in [4.78, 5) is 15.3. The number of nitrogens with one attached hydrogen (secondary N) is 1. The van der Waals surface area contributed by atoms with Crippen LogP contribution >= 0.6 is 0 Å². The van der Waals surface area contributed by atoms with Crippen LogP contribution in [0.2, 0.25) is 0 Å². The fourth-order valence-corrected chi connectivity index (χ4v) is 6.05. The fraction of sp³-hybridized carbons (Fsp3) is 0.435. The van der Waals surface area contributed by atoms with Gasteiger partial charge in [-0.05, 0) is 69.0 Å². The predicted octanol–water partition coefficient (Wildman–Crippen LogP) is 4.10. The van der Waals surface area contributed by atoms with Crippen molar-refractivity contribution in [3.8, 4) is 0 Å². The summed E-state index contributed by atoms with van der Waals surface area (Å²) < 4.78 is 27.5. The predicted molar refractivity (Wildman–Crippen MR) is 119 cm³/mol. The normalized spacial score (nSPS) is 20.3. The molecular formula is C23H29N3O3S. The van der Waals surface area contributed by atoms with E-state index < -0.39 is 10.0 Å². The lowest BCUT2D eigenvalue weighted by atomic mass is 10.1. The molecule has 2 aromatic carbocycles. The smallest absolute Gasteiger partial charge is 0.255 e. The van der Waals surface area contributed by atoms with Gasteiger partial charge < -0.3 is 10.2 Å². The molecule has 2 aromatic rings. The molecule has 0 radical (unpaired) electrons. The Morgan fingerprint density at radius 1 is 0.933 bits per heavy atom. The molecule has 0 bridgehead atoms. The number of sulfonamides is 1. The minimum atomic E-state index is -3.54. The van der Waals surface area contributed by atoms with Crippen molar-refractivity contribution >= 4 is 27.3 Å². The molecule has 6 nitrogen and oxygen atoms in total. The van der Waals surface area contributed by atoms with Crippen molar-refractivity contribution in [2.75, 3.05) is 29.9 Å². The second-order valence-corrected chi connectivity index (χ2v) is 10.0. The van der Waals surface area contributed by atoms with Crippen LogP contribution in [-0.2, 0) is 10.0 Å². The minimum Gasteiger partial charge on any atom is -0.370 e. The van der Waals surface area contributed by atoms with E-state index in [0.717, 1.165) is 56.6 Å². The molecule has 2 aliphatic rings. The van der Waals surface area contributed by atoms with Gasteiger partial charge in [0.2, 0.25) is 10.0 Å². The molecule has 2 fully saturated rings. The van der Waals surface area contributed by atoms with E-state index >= 15 is 0 Å². The number of hydrogen-bond acceptors (Lipinski definition) is 4. The van der Waals surface area contributed by atoms with E-state index in [4.69, 9.17) is 0 Å². The molecule has 0 saturated carbocycles. The molecule has 7 heteroatoms. The molecule has 2 saturated heterocycles. The summed E-state index contributed by atoms with van der Waals surface area (Å²) in [6.45, 7) is 4.50. The average molecular weight is 428 g/mol. The highest BCUT2D eigenvalue weighted by Crippen LogP contribution is 2.29. The molecule has 4 rings (SSSR count). The number of para-hydroxylation sites is 2. The van der Waals surface area contributed by atoms with Crippen LogP contribution in [0.5, 0.6) is 0 Å². The molecule has 1 unspecified atom stereocenters. The number of piperidine rings is 1. The number of nitrogens with zero attached hydrogens (tertiary/aromatic N) is 2. The van der Waals surface area contributed by atoms with Crippen LogP contribution in [0.15, 0.2) is 53.4 Å². The van der Waals surface area contributed by atoms with Crippen LogP contribution in [0, 0.1) is 0 Å². The zero-order valence-electron chi connectivity index (χ0n) is 17.4. The molecule has 30 heavy (non-hydrogen) atoms. The number of rotatable bonds is 5. The summed E-state index contributed by atoms with van der Waals surface area (Å²) in [6.07, 6.45) is 5.16. The highest BCUT2D eigenvalue weighted by atomic mass is 32.2. The Hall–Kier alpha value is -2.38. The largest absolute Gasteiger partial charge is 0.370 e. The van der Waals surface area contributed by atoms with Gasteiger partial charge in [-0.1, -0.05) is 18.6 Å². The van der Waals surface area contributed by atoms with Gasteiger partial charge in [0, 0.05) is 31.2 Å². The van der Waals surface area contributed by atoms with E-state index in [1.807, 2.05) is 31.2 Å². The molecule has 0 aliphatic carbocycles. The number of benzene rings is 2. The first-order valence-corrected chi connectivity index (χ1v) is 12.2. The molecule has 160 valence electrons. The molecule has 2 heterocycles. The van der Waals surface area contributed by atoms with Crippen molar-refractivity contribution in [2.24, 2.45) is 0 Å². The van der Waals surface area contributed by atoms with Crippen LogP contribution < -0.4 is 10.2 Å². The maximum absolute atomic E-state index is 13.0. The van der Waals surface area contributed by atoms with Gasteiger partial charge >= 0.3 is 0 Å². The number of hydrogen-bond donors (Lipinski definition) is 1. The van der Waals surface area contributed by atoms with Crippen molar-refractivity contribution in [3.63, 3.8) is 0 Å². The van der Waals surface area contributed by atoms with Gasteiger partial charge in [0.15, 0.2) is 0 Å². The van der Waals surface area contributed by atoms with Crippen molar-refractivity contribution in [2.45, 2.75) is 50.0 Å². The minimum absolute atomic E-state index is 0.00816. The van der Waals surface area contributed by atoms with E-state index in [-0.39, 0.29) is 16.8 Å². The Bertz CT molecular complexity index is 999. The second kappa shape index (κ2) is 8.78. The molecule has 1 amide bonds. The van der Waals surface area contributed by atoms with Gasteiger partial charge in [-0.3, -0.25) is 4.79 Å². The van der Waals surface area contributed by atoms with Crippen molar-refractivity contribution < 1.29 is 13.2 Å². The quantitative estimate of drug-likeness (QED) is 0.780. The summed E-state index contributed by atoms with van der Waals surface area (Å²) in [5.74, 6) is -0.239. The Labute approximate surface area is 178 Å². The van der Waals surface area contributed by atoms with Gasteiger partial charge in [-0.2, -0.15) is 4.31 Å². The zero-order valence-corrected chi connectivity index (χ0v) is 18.2. The number of amides is 1. The van der Waals surface area contributed by atoms with Gasteiger partial charge in [0.25, 0.3) is 5.91 Å². The summed E-state index contributed by atoms with van der Waals surface area (Å²) >= 11 is 0. The topological polar surface area (TPSA) is 69.7 Å². The SMILES string of the molecule is CC1CCCCN1S(=O)(=O)c1ccc(C(=O)Nc2ccccc2N2CCCC2)cc1. The third-order valence-electron chi connectivity index (χ3n) is 6.06. The summed E-state index contributed by atoms with van der Waals surface area (Å²) in [7, 11) is -3.54. The van der Waals surface area contributed by atoms with Crippen molar-refractivity contribution in [3.05, 3.63) is 54.1 Å². The molecule has 1 atom stereocenters. The molecular weight excluding hydrogens is 398 g/mol. The summed E-state index contributed by atoms with van der Waals surface area (Å²) in [5, 5.41) is 2.99. The Kier molecular flexibility index (Phi) is 6.11. The maximum atomic E-state index is 13.0. The first kappa shape index (κ1) is 20.9. The van der Waals surface area contributed by atoms with Gasteiger partial charge in [0.1, 0.15) is 0 Å². The Morgan fingerprint density at radius 3 is 2.30 bits per heavy atom. The maximum Gasteiger partial charge on any atom is 0.255 e. The third kappa shape index (κ3) is 4.23. The standard InChI is InChI=1S/C23H29N3O3S/c1-18-8-4-5-17-26(18)30(28,29)20-13-11-19(12-14-20)23(27)24-21-9-2-3-10-22(21)25-15-6-7-16-25/h2-3,9-14,18H,4-8,15-17H2,1H3,(H,24,27). The van der Waals surface area contributed by atoms with Crippen molar-refractivity contribution in [1.29, 1.82) is 0 Å². The van der Waals surface area contributed by atoms with Crippen LogP contribution in [0.3, 0.4) is 0 Å². The van der Waals surface area contributed by atoms with Gasteiger partial charge in [-0.25, -0.2) is 8.42 Å². The molecule has 1 N–H and O–H groups in total. The summed E-state index contributed by atoms with van der Waals surface area (Å²) in [6, 6.07) is 14.1. The monoisotopic (exact) mass is 427 g/mol. The number of anilines is 2. The third-order valence-corrected chi connectivity index (χ3v) is 8.09. The van der Waals surface area contributed by atoms with E-state index in [0.29, 0.717) is 12.1 Å². The fourth-order valence-electron chi connectivity index (χ4n) is 4.35. The first-order valence-electron chi connectivity index (χ1n) is 10.7. The van der Waals surface area contributed by atoms with E-state index in [1.165, 1.54) is 12.1 Å². The van der Waals surface area contributed by atoms with Gasteiger partial charge in [0.05, 0.1) is 16.3 Å². The summed E-state index contributed by atoms with van der Waals surface area (Å²) in [5.41, 5.74) is 2.25. The van der Waals surface area contributed by atoms with E-state index in [2.05, 4.69) is 10.2 Å². The molecule has 0 spiro atoms. The highest BCUT2D eigenvalue weighted by Gasteiger charge is 2.31. The lowest BCUT2D eigenvalue weighted by Gasteiger charge is -2.32. The van der Waals surface area contributed by atoms with Crippen LogP contribution in [0.25, 0.3) is 0 Å². The molecule has 0 aromatic heterocycles. The van der Waals surface area contributed by atoms with E-state index in [9.17, 15) is 13.2 Å². The Morgan fingerprint density at radius 2 is 1.60 bits per heavy atom. The molecule has 2 aliphatic heterocycles. The number of carbonyl (C=O) groups excluding carboxylic acids is 1. The average Bonchev–Trinajstić information content (AvgIpc) is 3.29. The first-order chi connectivity index (χ1) is 14.5. The van der Waals surface area contributed by atoms with Crippen LogP contribution in [-0.4, -0.2) is 44.3 Å². The lowest BCUT2D eigenvalue weighted by Crippen LogP contribution is -2.41. The zero-order chi connectivity index (χ0) is 21.1. The highest BCUT2D eigenvalue weighted by molar-refractivity contribution is 7.89. The van der Waals surface area contributed by atoms with Crippen LogP contribution in [0.1, 0.15) is 49.4 Å². The van der Waals surface area contributed by atoms with E-state index in [1.54, 1.807) is 16.4 Å². The van der Waals surface area contributed by atoms with Crippen LogP contribution in [0.4, 0.5) is 11.4 Å². The van der Waals surface area contributed by atoms with Gasteiger partial charge in [-0.15, -0.1) is 0 Å². The lowest BCUT2D eigenvalue weighted by molar-refractivity contribution is 0.102. The number of carbonyl (C=O) groups is 1.